The Hall–Kier alpha value is -1.16. The summed E-state index contributed by atoms with van der Waals surface area (Å²) in [5, 5.41) is 0. The molecule has 1 aliphatic rings. The maximum atomic E-state index is 6.51. The van der Waals surface area contributed by atoms with Gasteiger partial charge in [-0.3, -0.25) is 0 Å². The number of allylic oxidation sites excluding steroid dienone is 8. The van der Waals surface area contributed by atoms with Crippen molar-refractivity contribution >= 4 is 0 Å². The SMILES string of the molecule is CCCCCC=CCC=CCCCCCCCCC1(CCCCCCCCC=CCC=CCCCCC)OCC(CCN)O1. The zero-order valence-electron chi connectivity index (χ0n) is 29.6. The topological polar surface area (TPSA) is 44.5 Å². The van der Waals surface area contributed by atoms with Gasteiger partial charge in [0.15, 0.2) is 5.79 Å². The van der Waals surface area contributed by atoms with E-state index in [4.69, 9.17) is 15.2 Å². The predicted octanol–water partition coefficient (Wildman–Crippen LogP) is 12.9. The van der Waals surface area contributed by atoms with Gasteiger partial charge in [0.1, 0.15) is 0 Å². The molecule has 1 heterocycles. The molecule has 3 nitrogen and oxygen atoms in total. The molecule has 1 fully saturated rings. The summed E-state index contributed by atoms with van der Waals surface area (Å²) >= 11 is 0. The summed E-state index contributed by atoms with van der Waals surface area (Å²) in [4.78, 5) is 0. The molecule has 0 aromatic rings. The number of ether oxygens (including phenoxy) is 2. The van der Waals surface area contributed by atoms with E-state index in [9.17, 15) is 0 Å². The average Bonchev–Trinajstić information content (AvgIpc) is 3.43. The normalized spacial score (nSPS) is 19.2. The molecule has 0 saturated carbocycles. The Morgan fingerprint density at radius 2 is 0.909 bits per heavy atom. The average molecular weight is 614 g/mol. The Labute approximate surface area is 275 Å². The van der Waals surface area contributed by atoms with Gasteiger partial charge in [-0.05, 0) is 90.0 Å². The van der Waals surface area contributed by atoms with Gasteiger partial charge in [-0.1, -0.05) is 140 Å². The van der Waals surface area contributed by atoms with Crippen molar-refractivity contribution in [2.45, 2.75) is 199 Å². The Bertz CT molecular complexity index is 661. The predicted molar refractivity (Wildman–Crippen MR) is 195 cm³/mol. The second-order valence-corrected chi connectivity index (χ2v) is 13.2. The van der Waals surface area contributed by atoms with E-state index in [0.717, 1.165) is 38.7 Å². The van der Waals surface area contributed by atoms with Crippen LogP contribution in [0.5, 0.6) is 0 Å². The highest BCUT2D eigenvalue weighted by molar-refractivity contribution is 4.93. The van der Waals surface area contributed by atoms with Crippen LogP contribution in [0.2, 0.25) is 0 Å². The minimum Gasteiger partial charge on any atom is -0.347 e. The van der Waals surface area contributed by atoms with E-state index in [0.29, 0.717) is 6.54 Å². The minimum atomic E-state index is -0.343. The molecule has 0 radical (unpaired) electrons. The third-order valence-corrected chi connectivity index (χ3v) is 8.92. The minimum absolute atomic E-state index is 0.189. The quantitative estimate of drug-likeness (QED) is 0.0606. The van der Waals surface area contributed by atoms with Crippen molar-refractivity contribution in [3.8, 4) is 0 Å². The fourth-order valence-corrected chi connectivity index (χ4v) is 6.10. The van der Waals surface area contributed by atoms with E-state index in [1.165, 1.54) is 141 Å². The van der Waals surface area contributed by atoms with Crippen LogP contribution < -0.4 is 5.73 Å². The van der Waals surface area contributed by atoms with Crippen molar-refractivity contribution in [3.05, 3.63) is 48.6 Å². The summed E-state index contributed by atoms with van der Waals surface area (Å²) in [6.07, 6.45) is 52.8. The lowest BCUT2D eigenvalue weighted by atomic mass is 9.98. The number of nitrogens with two attached hydrogens (primary N) is 1. The second kappa shape index (κ2) is 31.8. The molecule has 0 aliphatic carbocycles. The molecule has 0 aromatic carbocycles. The van der Waals surface area contributed by atoms with Crippen LogP contribution in [0.25, 0.3) is 0 Å². The Morgan fingerprint density at radius 1 is 0.523 bits per heavy atom. The number of hydrogen-bond donors (Lipinski definition) is 1. The molecule has 1 unspecified atom stereocenters. The summed E-state index contributed by atoms with van der Waals surface area (Å²) in [6, 6.07) is 0. The summed E-state index contributed by atoms with van der Waals surface area (Å²) in [7, 11) is 0. The van der Waals surface area contributed by atoms with Gasteiger partial charge in [0.2, 0.25) is 0 Å². The highest BCUT2D eigenvalue weighted by atomic mass is 16.7. The van der Waals surface area contributed by atoms with Gasteiger partial charge in [-0.15, -0.1) is 0 Å². The van der Waals surface area contributed by atoms with Gasteiger partial charge >= 0.3 is 0 Å². The molecule has 0 spiro atoms. The van der Waals surface area contributed by atoms with E-state index in [1.807, 2.05) is 0 Å². The van der Waals surface area contributed by atoms with Crippen LogP contribution in [-0.4, -0.2) is 25.0 Å². The monoisotopic (exact) mass is 614 g/mol. The van der Waals surface area contributed by atoms with Crippen LogP contribution in [0, 0.1) is 0 Å². The number of rotatable bonds is 32. The largest absolute Gasteiger partial charge is 0.347 e. The fourth-order valence-electron chi connectivity index (χ4n) is 6.10. The van der Waals surface area contributed by atoms with E-state index >= 15 is 0 Å². The fraction of sp³-hybridized carbons (Fsp3) is 0.805. The molecule has 1 saturated heterocycles. The first kappa shape index (κ1) is 40.9. The summed E-state index contributed by atoms with van der Waals surface area (Å²) in [5.41, 5.74) is 5.83. The first-order chi connectivity index (χ1) is 21.8. The molecule has 3 heteroatoms. The smallest absolute Gasteiger partial charge is 0.168 e. The third kappa shape index (κ3) is 25.1. The van der Waals surface area contributed by atoms with E-state index < -0.39 is 0 Å². The zero-order valence-corrected chi connectivity index (χ0v) is 29.6. The molecule has 256 valence electrons. The number of unbranched alkanes of at least 4 members (excludes halogenated alkanes) is 18. The molecule has 1 aliphatic heterocycles. The van der Waals surface area contributed by atoms with Gasteiger partial charge < -0.3 is 15.2 Å². The highest BCUT2D eigenvalue weighted by Gasteiger charge is 2.40. The Kier molecular flexibility index (Phi) is 29.5. The van der Waals surface area contributed by atoms with Gasteiger partial charge in [0.25, 0.3) is 0 Å². The molecular formula is C41H75NO2. The van der Waals surface area contributed by atoms with Crippen LogP contribution in [-0.2, 0) is 9.47 Å². The molecule has 0 aromatic heterocycles. The first-order valence-electron chi connectivity index (χ1n) is 19.4. The lowest BCUT2D eigenvalue weighted by Crippen LogP contribution is -2.31. The second-order valence-electron chi connectivity index (χ2n) is 13.2. The van der Waals surface area contributed by atoms with Crippen LogP contribution in [0.1, 0.15) is 187 Å². The van der Waals surface area contributed by atoms with Crippen molar-refractivity contribution < 1.29 is 9.47 Å². The van der Waals surface area contributed by atoms with Gasteiger partial charge in [0, 0.05) is 12.8 Å². The molecule has 1 atom stereocenters. The summed E-state index contributed by atoms with van der Waals surface area (Å²) in [6.45, 7) is 5.94. The maximum absolute atomic E-state index is 6.51. The van der Waals surface area contributed by atoms with Gasteiger partial charge in [0.05, 0.1) is 12.7 Å². The standard InChI is InChI=1S/C41H75NO2/c1-3-5-7-9-11-13-15-17-19-21-23-25-27-29-31-33-36-41(43-39-40(44-41)35-38-42)37-34-32-30-28-26-24-22-20-18-16-14-12-10-8-6-4-2/h11-14,17-20,40H,3-10,15-16,21-39,42H2,1-2H3. The van der Waals surface area contributed by atoms with Gasteiger partial charge in [-0.2, -0.15) is 0 Å². The molecular weight excluding hydrogens is 538 g/mol. The number of hydrogen-bond acceptors (Lipinski definition) is 3. The zero-order chi connectivity index (χ0) is 31.7. The Balaban J connectivity index is 2.08. The third-order valence-electron chi connectivity index (χ3n) is 8.92. The lowest BCUT2D eigenvalue weighted by molar-refractivity contribution is -0.179. The molecule has 1 rings (SSSR count). The van der Waals surface area contributed by atoms with E-state index in [1.54, 1.807) is 0 Å². The van der Waals surface area contributed by atoms with Crippen molar-refractivity contribution in [3.63, 3.8) is 0 Å². The van der Waals surface area contributed by atoms with Gasteiger partial charge in [-0.25, -0.2) is 0 Å². The highest BCUT2D eigenvalue weighted by Crippen LogP contribution is 2.35. The van der Waals surface area contributed by atoms with Crippen molar-refractivity contribution in [2.24, 2.45) is 5.73 Å². The van der Waals surface area contributed by atoms with Crippen molar-refractivity contribution in [1.29, 1.82) is 0 Å². The molecule has 2 N–H and O–H groups in total. The first-order valence-corrected chi connectivity index (χ1v) is 19.4. The van der Waals surface area contributed by atoms with Crippen LogP contribution in [0.4, 0.5) is 0 Å². The lowest BCUT2D eigenvalue weighted by Gasteiger charge is -2.28. The Morgan fingerprint density at radius 3 is 1.32 bits per heavy atom. The van der Waals surface area contributed by atoms with Crippen LogP contribution in [0.15, 0.2) is 48.6 Å². The summed E-state index contributed by atoms with van der Waals surface area (Å²) < 4.78 is 12.9. The van der Waals surface area contributed by atoms with E-state index in [-0.39, 0.29) is 11.9 Å². The summed E-state index contributed by atoms with van der Waals surface area (Å²) in [5.74, 6) is -0.343. The molecule has 0 bridgehead atoms. The van der Waals surface area contributed by atoms with Crippen molar-refractivity contribution in [2.75, 3.05) is 13.2 Å². The van der Waals surface area contributed by atoms with E-state index in [2.05, 4.69) is 62.5 Å². The van der Waals surface area contributed by atoms with Crippen molar-refractivity contribution in [1.82, 2.24) is 0 Å². The van der Waals surface area contributed by atoms with Crippen LogP contribution in [0.3, 0.4) is 0 Å². The maximum Gasteiger partial charge on any atom is 0.168 e. The molecule has 0 amide bonds. The molecule has 44 heavy (non-hydrogen) atoms. The van der Waals surface area contributed by atoms with Crippen LogP contribution >= 0.6 is 0 Å².